The number of hydrogen-bond donors (Lipinski definition) is 2. The fraction of sp³-hybridized carbons (Fsp3) is 1.00. The van der Waals surface area contributed by atoms with E-state index < -0.39 is 0 Å². The molecule has 2 nitrogen and oxygen atoms in total. The van der Waals surface area contributed by atoms with Crippen LogP contribution in [-0.2, 0) is 0 Å². The third kappa shape index (κ3) is 9.84. The second-order valence-corrected chi connectivity index (χ2v) is 3.89. The summed E-state index contributed by atoms with van der Waals surface area (Å²) in [4.78, 5) is 0. The Balaban J connectivity index is 0.000000226. The Kier molecular flexibility index (Phi) is 9.94. The second kappa shape index (κ2) is 10.0. The van der Waals surface area contributed by atoms with Crippen molar-refractivity contribution in [3.63, 3.8) is 0 Å². The van der Waals surface area contributed by atoms with E-state index in [1.165, 1.54) is 51.4 Å². The quantitative estimate of drug-likeness (QED) is 0.665. The molecule has 1 saturated carbocycles. The predicted molar refractivity (Wildman–Crippen MR) is 59.6 cm³/mol. The van der Waals surface area contributed by atoms with Gasteiger partial charge < -0.3 is 11.5 Å². The van der Waals surface area contributed by atoms with Gasteiger partial charge in [0.2, 0.25) is 0 Å². The number of rotatable bonds is 3. The molecule has 2 heteroatoms. The molecule has 0 aromatic carbocycles. The van der Waals surface area contributed by atoms with Crippen molar-refractivity contribution in [3.05, 3.63) is 0 Å². The molecule has 0 aromatic heterocycles. The van der Waals surface area contributed by atoms with Gasteiger partial charge in [-0.25, -0.2) is 0 Å². The first-order valence-electron chi connectivity index (χ1n) is 5.77. The summed E-state index contributed by atoms with van der Waals surface area (Å²) >= 11 is 0. The van der Waals surface area contributed by atoms with Crippen molar-refractivity contribution in [1.29, 1.82) is 0 Å². The SMILES string of the molecule is CCCCCN.NC1CCCCC1. The molecule has 0 bridgehead atoms. The van der Waals surface area contributed by atoms with Gasteiger partial charge in [0.15, 0.2) is 0 Å². The minimum absolute atomic E-state index is 0.536. The third-order valence-electron chi connectivity index (χ3n) is 2.46. The number of unbranched alkanes of at least 4 members (excludes halogenated alkanes) is 2. The standard InChI is InChI=1S/C6H13N.C5H13N/c7-6-4-2-1-3-5-6;1-2-3-4-5-6/h6H,1-5,7H2;2-6H2,1H3. The van der Waals surface area contributed by atoms with Crippen LogP contribution in [0.3, 0.4) is 0 Å². The molecule has 1 fully saturated rings. The lowest BCUT2D eigenvalue weighted by Crippen LogP contribution is -2.22. The van der Waals surface area contributed by atoms with Gasteiger partial charge in [-0.1, -0.05) is 39.0 Å². The van der Waals surface area contributed by atoms with Crippen molar-refractivity contribution in [2.45, 2.75) is 64.3 Å². The van der Waals surface area contributed by atoms with Gasteiger partial charge in [0.1, 0.15) is 0 Å². The highest BCUT2D eigenvalue weighted by atomic mass is 14.6. The number of nitrogens with two attached hydrogens (primary N) is 2. The molecule has 0 heterocycles. The highest BCUT2D eigenvalue weighted by molar-refractivity contribution is 4.66. The second-order valence-electron chi connectivity index (χ2n) is 3.89. The lowest BCUT2D eigenvalue weighted by Gasteiger charge is -2.15. The summed E-state index contributed by atoms with van der Waals surface area (Å²) in [7, 11) is 0. The van der Waals surface area contributed by atoms with Crippen LogP contribution in [0.5, 0.6) is 0 Å². The highest BCUT2D eigenvalue weighted by Gasteiger charge is 2.06. The molecule has 0 saturated heterocycles. The van der Waals surface area contributed by atoms with E-state index in [1.807, 2.05) is 0 Å². The highest BCUT2D eigenvalue weighted by Crippen LogP contribution is 2.14. The molecular weight excluding hydrogens is 160 g/mol. The van der Waals surface area contributed by atoms with Crippen LogP contribution in [-0.4, -0.2) is 12.6 Å². The van der Waals surface area contributed by atoms with Gasteiger partial charge in [0.05, 0.1) is 0 Å². The summed E-state index contributed by atoms with van der Waals surface area (Å²) in [5.41, 5.74) is 10.8. The van der Waals surface area contributed by atoms with E-state index in [0.29, 0.717) is 6.04 Å². The van der Waals surface area contributed by atoms with Crippen LogP contribution in [0.2, 0.25) is 0 Å². The maximum Gasteiger partial charge on any atom is 0.00388 e. The van der Waals surface area contributed by atoms with Crippen LogP contribution in [0.25, 0.3) is 0 Å². The van der Waals surface area contributed by atoms with Crippen molar-refractivity contribution in [2.75, 3.05) is 6.54 Å². The van der Waals surface area contributed by atoms with E-state index in [2.05, 4.69) is 6.92 Å². The molecule has 0 spiro atoms. The monoisotopic (exact) mass is 186 g/mol. The van der Waals surface area contributed by atoms with Crippen molar-refractivity contribution in [2.24, 2.45) is 11.5 Å². The van der Waals surface area contributed by atoms with Gasteiger partial charge >= 0.3 is 0 Å². The topological polar surface area (TPSA) is 52.0 Å². The molecule has 0 amide bonds. The fourth-order valence-corrected chi connectivity index (χ4v) is 1.53. The average Bonchev–Trinajstić information content (AvgIpc) is 2.17. The van der Waals surface area contributed by atoms with Crippen LogP contribution in [0.15, 0.2) is 0 Å². The molecule has 1 aliphatic rings. The van der Waals surface area contributed by atoms with Gasteiger partial charge in [-0.15, -0.1) is 0 Å². The summed E-state index contributed by atoms with van der Waals surface area (Å²) in [5, 5.41) is 0. The summed E-state index contributed by atoms with van der Waals surface area (Å²) in [6, 6.07) is 0.536. The Morgan fingerprint density at radius 1 is 1.08 bits per heavy atom. The lowest BCUT2D eigenvalue weighted by molar-refractivity contribution is 0.441. The molecule has 0 atom stereocenters. The van der Waals surface area contributed by atoms with Gasteiger partial charge in [-0.3, -0.25) is 0 Å². The maximum atomic E-state index is 5.63. The van der Waals surface area contributed by atoms with Gasteiger partial charge in [-0.2, -0.15) is 0 Å². The molecule has 0 unspecified atom stereocenters. The first-order chi connectivity index (χ1) is 6.31. The van der Waals surface area contributed by atoms with Crippen LogP contribution in [0, 0.1) is 0 Å². The van der Waals surface area contributed by atoms with Gasteiger partial charge in [0.25, 0.3) is 0 Å². The van der Waals surface area contributed by atoms with Crippen molar-refractivity contribution in [1.82, 2.24) is 0 Å². The molecule has 80 valence electrons. The Labute approximate surface area is 83.1 Å². The lowest BCUT2D eigenvalue weighted by atomic mass is 9.97. The zero-order chi connectivity index (χ0) is 9.94. The largest absolute Gasteiger partial charge is 0.330 e. The van der Waals surface area contributed by atoms with E-state index in [0.717, 1.165) is 6.54 Å². The minimum Gasteiger partial charge on any atom is -0.330 e. The summed E-state index contributed by atoms with van der Waals surface area (Å²) < 4.78 is 0. The summed E-state index contributed by atoms with van der Waals surface area (Å²) in [6.45, 7) is 3.03. The van der Waals surface area contributed by atoms with Gasteiger partial charge in [-0.05, 0) is 25.8 Å². The van der Waals surface area contributed by atoms with Crippen molar-refractivity contribution < 1.29 is 0 Å². The molecule has 0 radical (unpaired) electrons. The van der Waals surface area contributed by atoms with E-state index in [-0.39, 0.29) is 0 Å². The molecule has 4 N–H and O–H groups in total. The van der Waals surface area contributed by atoms with E-state index in [1.54, 1.807) is 0 Å². The summed E-state index contributed by atoms with van der Waals surface area (Å²) in [5.74, 6) is 0. The van der Waals surface area contributed by atoms with Crippen LogP contribution in [0.4, 0.5) is 0 Å². The Bertz CT molecular complexity index is 84.1. The zero-order valence-corrected chi connectivity index (χ0v) is 9.10. The maximum absolute atomic E-state index is 5.63. The molecule has 0 aliphatic heterocycles. The number of hydrogen-bond acceptors (Lipinski definition) is 2. The smallest absolute Gasteiger partial charge is 0.00388 e. The Hall–Kier alpha value is -0.0800. The fourth-order valence-electron chi connectivity index (χ4n) is 1.53. The van der Waals surface area contributed by atoms with Crippen LogP contribution >= 0.6 is 0 Å². The zero-order valence-electron chi connectivity index (χ0n) is 9.10. The molecule has 0 aromatic rings. The molecule has 1 aliphatic carbocycles. The first kappa shape index (κ1) is 12.9. The Morgan fingerprint density at radius 3 is 1.92 bits per heavy atom. The van der Waals surface area contributed by atoms with Gasteiger partial charge in [0, 0.05) is 6.04 Å². The predicted octanol–water partition coefficient (Wildman–Crippen LogP) is 2.41. The minimum atomic E-state index is 0.536. The average molecular weight is 186 g/mol. The molecule has 13 heavy (non-hydrogen) atoms. The summed E-state index contributed by atoms with van der Waals surface area (Å²) in [6.07, 6.45) is 10.4. The van der Waals surface area contributed by atoms with Crippen molar-refractivity contribution in [3.8, 4) is 0 Å². The van der Waals surface area contributed by atoms with Crippen LogP contribution in [0.1, 0.15) is 58.3 Å². The van der Waals surface area contributed by atoms with Crippen LogP contribution < -0.4 is 11.5 Å². The van der Waals surface area contributed by atoms with E-state index in [4.69, 9.17) is 11.5 Å². The normalized spacial score (nSPS) is 17.8. The third-order valence-corrected chi connectivity index (χ3v) is 2.46. The Morgan fingerprint density at radius 2 is 1.69 bits per heavy atom. The molecule has 1 rings (SSSR count). The van der Waals surface area contributed by atoms with E-state index in [9.17, 15) is 0 Å². The molecular formula is C11H26N2. The van der Waals surface area contributed by atoms with E-state index >= 15 is 0 Å². The first-order valence-corrected chi connectivity index (χ1v) is 5.77. The van der Waals surface area contributed by atoms with Crippen molar-refractivity contribution >= 4 is 0 Å².